The van der Waals surface area contributed by atoms with Gasteiger partial charge in [0.2, 0.25) is 0 Å². The first-order valence-corrected chi connectivity index (χ1v) is 13.1. The molecular weight excluding hydrogens is 436 g/mol. The highest BCUT2D eigenvalue weighted by Crippen LogP contribution is 2.30. The number of hydrogen-bond donors (Lipinski definition) is 2. The van der Waals surface area contributed by atoms with E-state index in [0.29, 0.717) is 36.2 Å². The number of rotatable bonds is 9. The van der Waals surface area contributed by atoms with Crippen molar-refractivity contribution in [1.29, 1.82) is 0 Å². The highest BCUT2D eigenvalue weighted by atomic mass is 32.2. The smallest absolute Gasteiger partial charge is 0.261 e. The Balaban J connectivity index is 1.99. The van der Waals surface area contributed by atoms with Crippen LogP contribution in [0.1, 0.15) is 38.1 Å². The molecule has 8 heteroatoms. The fourth-order valence-corrected chi connectivity index (χ4v) is 5.13. The van der Waals surface area contributed by atoms with Gasteiger partial charge in [-0.25, -0.2) is 8.42 Å². The van der Waals surface area contributed by atoms with Crippen LogP contribution in [-0.2, 0) is 10.0 Å². The standard InChI is InChI=1S/C25H36N4O3S/c1-19(2)17-29(18-20(3)4)25(30)21-10-11-24(28-14-12-26-13-15-28)23(16-21)27-33(31,32)22-8-6-5-7-9-22/h5-11,16,19-20,26-27H,12-15,17-18H2,1-4H3. The summed E-state index contributed by atoms with van der Waals surface area (Å²) in [6, 6.07) is 13.7. The van der Waals surface area contributed by atoms with E-state index in [0.717, 1.165) is 31.9 Å². The van der Waals surface area contributed by atoms with E-state index in [2.05, 4.69) is 42.6 Å². The number of nitrogens with one attached hydrogen (secondary N) is 2. The molecular formula is C25H36N4O3S. The van der Waals surface area contributed by atoms with Crippen LogP contribution in [0.4, 0.5) is 11.4 Å². The molecule has 1 heterocycles. The summed E-state index contributed by atoms with van der Waals surface area (Å²) in [5, 5.41) is 3.32. The zero-order valence-electron chi connectivity index (χ0n) is 20.0. The van der Waals surface area contributed by atoms with E-state index in [1.165, 1.54) is 0 Å². The number of carbonyl (C=O) groups is 1. The summed E-state index contributed by atoms with van der Waals surface area (Å²) in [6.07, 6.45) is 0. The van der Waals surface area contributed by atoms with Gasteiger partial charge in [0.15, 0.2) is 0 Å². The molecule has 33 heavy (non-hydrogen) atoms. The van der Waals surface area contributed by atoms with Crippen molar-refractivity contribution in [2.75, 3.05) is 48.9 Å². The van der Waals surface area contributed by atoms with Crippen LogP contribution in [0, 0.1) is 11.8 Å². The minimum Gasteiger partial charge on any atom is -0.367 e. The third kappa shape index (κ3) is 6.71. The largest absolute Gasteiger partial charge is 0.367 e. The number of nitrogens with zero attached hydrogens (tertiary/aromatic N) is 2. The predicted molar refractivity (Wildman–Crippen MR) is 134 cm³/mol. The minimum absolute atomic E-state index is 0.0792. The van der Waals surface area contributed by atoms with Crippen molar-refractivity contribution < 1.29 is 13.2 Å². The maximum atomic E-state index is 13.4. The molecule has 180 valence electrons. The molecule has 2 aromatic rings. The van der Waals surface area contributed by atoms with Gasteiger partial charge in [0.05, 0.1) is 16.3 Å². The van der Waals surface area contributed by atoms with Gasteiger partial charge in [-0.05, 0) is 42.2 Å². The van der Waals surface area contributed by atoms with Crippen molar-refractivity contribution in [1.82, 2.24) is 10.2 Å². The average molecular weight is 473 g/mol. The monoisotopic (exact) mass is 472 g/mol. The molecule has 2 N–H and O–H groups in total. The molecule has 1 aliphatic heterocycles. The Hall–Kier alpha value is -2.58. The van der Waals surface area contributed by atoms with Gasteiger partial charge in [-0.2, -0.15) is 0 Å². The third-order valence-corrected chi connectivity index (χ3v) is 6.84. The molecule has 0 atom stereocenters. The van der Waals surface area contributed by atoms with Crippen molar-refractivity contribution in [3.05, 3.63) is 54.1 Å². The molecule has 2 aromatic carbocycles. The van der Waals surface area contributed by atoms with Crippen LogP contribution in [0.2, 0.25) is 0 Å². The molecule has 1 saturated heterocycles. The van der Waals surface area contributed by atoms with Crippen molar-refractivity contribution in [3.8, 4) is 0 Å². The van der Waals surface area contributed by atoms with Gasteiger partial charge in [0.25, 0.3) is 15.9 Å². The lowest BCUT2D eigenvalue weighted by Gasteiger charge is -2.32. The second kappa shape index (κ2) is 11.0. The zero-order chi connectivity index (χ0) is 24.0. The number of sulfonamides is 1. The van der Waals surface area contributed by atoms with Crippen LogP contribution in [0.5, 0.6) is 0 Å². The van der Waals surface area contributed by atoms with E-state index >= 15 is 0 Å². The molecule has 0 aromatic heterocycles. The second-order valence-electron chi connectivity index (χ2n) is 9.39. The Morgan fingerprint density at radius 3 is 2.18 bits per heavy atom. The van der Waals surface area contributed by atoms with Gasteiger partial charge in [-0.15, -0.1) is 0 Å². The van der Waals surface area contributed by atoms with Gasteiger partial charge in [-0.3, -0.25) is 9.52 Å². The van der Waals surface area contributed by atoms with Crippen LogP contribution in [0.25, 0.3) is 0 Å². The van der Waals surface area contributed by atoms with E-state index in [4.69, 9.17) is 0 Å². The molecule has 0 aliphatic carbocycles. The van der Waals surface area contributed by atoms with Gasteiger partial charge in [-0.1, -0.05) is 45.9 Å². The maximum Gasteiger partial charge on any atom is 0.261 e. The van der Waals surface area contributed by atoms with Crippen molar-refractivity contribution in [3.63, 3.8) is 0 Å². The Morgan fingerprint density at radius 1 is 1.00 bits per heavy atom. The predicted octanol–water partition coefficient (Wildman–Crippen LogP) is 3.65. The van der Waals surface area contributed by atoms with E-state index in [9.17, 15) is 13.2 Å². The summed E-state index contributed by atoms with van der Waals surface area (Å²) < 4.78 is 29.0. The van der Waals surface area contributed by atoms with E-state index in [1.54, 1.807) is 36.4 Å². The topological polar surface area (TPSA) is 81.8 Å². The summed E-state index contributed by atoms with van der Waals surface area (Å²) >= 11 is 0. The third-order valence-electron chi connectivity index (χ3n) is 5.46. The second-order valence-corrected chi connectivity index (χ2v) is 11.1. The molecule has 0 spiro atoms. The normalized spacial score (nSPS) is 14.5. The van der Waals surface area contributed by atoms with Crippen molar-refractivity contribution in [2.45, 2.75) is 32.6 Å². The Morgan fingerprint density at radius 2 is 1.61 bits per heavy atom. The highest BCUT2D eigenvalue weighted by molar-refractivity contribution is 7.92. The molecule has 0 saturated carbocycles. The lowest BCUT2D eigenvalue weighted by atomic mass is 10.1. The van der Waals surface area contributed by atoms with Crippen LogP contribution in [0.15, 0.2) is 53.4 Å². The first kappa shape index (κ1) is 25.1. The number of benzene rings is 2. The van der Waals surface area contributed by atoms with Crippen LogP contribution in [-0.4, -0.2) is 58.5 Å². The molecule has 0 bridgehead atoms. The summed E-state index contributed by atoms with van der Waals surface area (Å²) in [7, 11) is -3.79. The van der Waals surface area contributed by atoms with E-state index < -0.39 is 10.0 Å². The average Bonchev–Trinajstić information content (AvgIpc) is 2.78. The van der Waals surface area contributed by atoms with Gasteiger partial charge < -0.3 is 15.1 Å². The number of amides is 1. The minimum atomic E-state index is -3.79. The quantitative estimate of drug-likeness (QED) is 0.582. The fourth-order valence-electron chi connectivity index (χ4n) is 4.04. The summed E-state index contributed by atoms with van der Waals surface area (Å²) in [4.78, 5) is 17.6. The number of piperazine rings is 1. The SMILES string of the molecule is CC(C)CN(CC(C)C)C(=O)c1ccc(N2CCNCC2)c(NS(=O)(=O)c2ccccc2)c1. The summed E-state index contributed by atoms with van der Waals surface area (Å²) in [5.74, 6) is 0.595. The van der Waals surface area contributed by atoms with Gasteiger partial charge in [0, 0.05) is 44.8 Å². The van der Waals surface area contributed by atoms with Gasteiger partial charge in [0.1, 0.15) is 0 Å². The first-order valence-electron chi connectivity index (χ1n) is 11.6. The molecule has 1 amide bonds. The molecule has 1 fully saturated rings. The van der Waals surface area contributed by atoms with Crippen LogP contribution >= 0.6 is 0 Å². The zero-order valence-corrected chi connectivity index (χ0v) is 20.9. The Bertz CT molecular complexity index is 1020. The Labute approximate surface area is 198 Å². The van der Waals surface area contributed by atoms with Crippen molar-refractivity contribution in [2.24, 2.45) is 11.8 Å². The lowest BCUT2D eigenvalue weighted by molar-refractivity contribution is 0.0715. The Kier molecular flexibility index (Phi) is 8.37. The maximum absolute atomic E-state index is 13.4. The molecule has 0 unspecified atom stereocenters. The number of anilines is 2. The van der Waals surface area contributed by atoms with Crippen LogP contribution < -0.4 is 14.9 Å². The fraction of sp³-hybridized carbons (Fsp3) is 0.480. The molecule has 0 radical (unpaired) electrons. The molecule has 3 rings (SSSR count). The van der Waals surface area contributed by atoms with Crippen molar-refractivity contribution >= 4 is 27.3 Å². The molecule has 7 nitrogen and oxygen atoms in total. The van der Waals surface area contributed by atoms with Crippen LogP contribution in [0.3, 0.4) is 0 Å². The lowest BCUT2D eigenvalue weighted by Crippen LogP contribution is -2.44. The summed E-state index contributed by atoms with van der Waals surface area (Å²) in [5.41, 5.74) is 1.70. The van der Waals surface area contributed by atoms with Gasteiger partial charge >= 0.3 is 0 Å². The summed E-state index contributed by atoms with van der Waals surface area (Å²) in [6.45, 7) is 12.8. The first-order chi connectivity index (χ1) is 15.7. The molecule has 1 aliphatic rings. The number of carbonyl (C=O) groups excluding carboxylic acids is 1. The highest BCUT2D eigenvalue weighted by Gasteiger charge is 2.23. The number of hydrogen-bond acceptors (Lipinski definition) is 5. The van der Waals surface area contributed by atoms with E-state index in [1.807, 2.05) is 17.0 Å². The van der Waals surface area contributed by atoms with E-state index in [-0.39, 0.29) is 10.8 Å².